The first-order valence-electron chi connectivity index (χ1n) is 8.48. The number of ether oxygens (including phenoxy) is 3. The third-order valence-corrected chi connectivity index (χ3v) is 3.60. The number of carbonyl (C=O) groups excluding carboxylic acids is 1. The minimum atomic E-state index is -0.737. The second kappa shape index (κ2) is 12.0. The normalized spacial score (nSPS) is 16.3. The van der Waals surface area contributed by atoms with Crippen LogP contribution in [0, 0.1) is 5.92 Å². The second-order valence-corrected chi connectivity index (χ2v) is 7.84. The maximum atomic E-state index is 11.3. The number of hydrogen-bond acceptors (Lipinski definition) is 4. The van der Waals surface area contributed by atoms with Gasteiger partial charge in [0, 0.05) is 13.3 Å². The van der Waals surface area contributed by atoms with Crippen molar-refractivity contribution in [2.75, 3.05) is 13.2 Å². The molecule has 0 aliphatic rings. The van der Waals surface area contributed by atoms with Crippen LogP contribution >= 0.6 is 15.9 Å². The average molecular weight is 393 g/mol. The molecule has 0 saturated carbocycles. The zero-order valence-electron chi connectivity index (χ0n) is 15.5. The van der Waals surface area contributed by atoms with E-state index in [1.807, 2.05) is 27.7 Å². The van der Waals surface area contributed by atoms with Crippen LogP contribution in [0.1, 0.15) is 67.2 Å². The summed E-state index contributed by atoms with van der Waals surface area (Å²) in [5.74, 6) is 0.338. The van der Waals surface area contributed by atoms with Crippen LogP contribution in [0.15, 0.2) is 11.6 Å². The van der Waals surface area contributed by atoms with Gasteiger partial charge in [-0.1, -0.05) is 25.5 Å². The highest BCUT2D eigenvalue weighted by Gasteiger charge is 2.24. The molecule has 0 aromatic heterocycles. The topological polar surface area (TPSA) is 44.8 Å². The van der Waals surface area contributed by atoms with E-state index in [1.165, 1.54) is 5.57 Å². The highest BCUT2D eigenvalue weighted by molar-refractivity contribution is 9.10. The molecule has 0 bridgehead atoms. The summed E-state index contributed by atoms with van der Waals surface area (Å²) in [7, 11) is 0. The molecule has 0 saturated heterocycles. The zero-order valence-corrected chi connectivity index (χ0v) is 17.1. The second-order valence-electron chi connectivity index (χ2n) is 6.40. The standard InChI is InChI=1S/C18H33BrO4/c1-7-21-17(20)12-11-15(4)9-8-10-16(5)23-18(6,19)22-13-14(2)3/h9,14,16H,7-8,10-13H2,1-6H3. The molecule has 2 unspecified atom stereocenters. The summed E-state index contributed by atoms with van der Waals surface area (Å²) in [6.07, 6.45) is 5.28. The molecule has 0 spiro atoms. The van der Waals surface area contributed by atoms with Gasteiger partial charge in [-0.2, -0.15) is 0 Å². The van der Waals surface area contributed by atoms with Gasteiger partial charge in [0.1, 0.15) is 0 Å². The van der Waals surface area contributed by atoms with Crippen LogP contribution < -0.4 is 0 Å². The van der Waals surface area contributed by atoms with Crippen molar-refractivity contribution in [2.24, 2.45) is 5.92 Å². The van der Waals surface area contributed by atoms with E-state index in [-0.39, 0.29) is 12.1 Å². The summed E-state index contributed by atoms with van der Waals surface area (Å²) < 4.78 is 15.8. The van der Waals surface area contributed by atoms with Crippen LogP contribution in [0.2, 0.25) is 0 Å². The molecule has 5 heteroatoms. The Morgan fingerprint density at radius 1 is 1.26 bits per heavy atom. The van der Waals surface area contributed by atoms with E-state index >= 15 is 0 Å². The molecule has 2 atom stereocenters. The lowest BCUT2D eigenvalue weighted by Crippen LogP contribution is -2.30. The maximum absolute atomic E-state index is 11.3. The molecule has 0 aliphatic carbocycles. The summed E-state index contributed by atoms with van der Waals surface area (Å²) >= 11 is 3.48. The molecule has 0 aromatic rings. The Labute approximate surface area is 150 Å². The van der Waals surface area contributed by atoms with Crippen LogP contribution in [-0.2, 0) is 19.0 Å². The van der Waals surface area contributed by atoms with Gasteiger partial charge in [0.15, 0.2) is 0 Å². The molecule has 0 heterocycles. The van der Waals surface area contributed by atoms with Crippen LogP contribution in [0.4, 0.5) is 0 Å². The molecule has 0 radical (unpaired) electrons. The van der Waals surface area contributed by atoms with E-state index in [1.54, 1.807) is 0 Å². The number of alkyl halides is 1. The lowest BCUT2D eigenvalue weighted by atomic mass is 10.1. The molecule has 0 fully saturated rings. The van der Waals surface area contributed by atoms with E-state index in [0.717, 1.165) is 19.3 Å². The first-order valence-corrected chi connectivity index (χ1v) is 9.27. The summed E-state index contributed by atoms with van der Waals surface area (Å²) in [5, 5.41) is 0. The van der Waals surface area contributed by atoms with Gasteiger partial charge >= 0.3 is 5.97 Å². The molecule has 4 nitrogen and oxygen atoms in total. The van der Waals surface area contributed by atoms with Crippen molar-refractivity contribution in [1.82, 2.24) is 0 Å². The lowest BCUT2D eigenvalue weighted by Gasteiger charge is -2.28. The minimum absolute atomic E-state index is 0.0839. The fraction of sp³-hybridized carbons (Fsp3) is 0.833. The zero-order chi connectivity index (χ0) is 17.9. The molecule has 0 aromatic carbocycles. The van der Waals surface area contributed by atoms with Crippen LogP contribution in [0.3, 0.4) is 0 Å². The van der Waals surface area contributed by atoms with E-state index in [0.29, 0.717) is 25.6 Å². The van der Waals surface area contributed by atoms with Crippen LogP contribution in [0.5, 0.6) is 0 Å². The largest absolute Gasteiger partial charge is 0.466 e. The van der Waals surface area contributed by atoms with E-state index in [2.05, 4.69) is 35.9 Å². The molecule has 0 N–H and O–H groups in total. The lowest BCUT2D eigenvalue weighted by molar-refractivity contribution is -0.183. The number of hydrogen-bond donors (Lipinski definition) is 0. The third kappa shape index (κ3) is 13.7. The predicted molar refractivity (Wildman–Crippen MR) is 97.5 cm³/mol. The van der Waals surface area contributed by atoms with Crippen molar-refractivity contribution < 1.29 is 19.0 Å². The molecular weight excluding hydrogens is 360 g/mol. The molecular formula is C18H33BrO4. The number of allylic oxidation sites excluding steroid dienone is 2. The van der Waals surface area contributed by atoms with Gasteiger partial charge in [-0.3, -0.25) is 4.79 Å². The minimum Gasteiger partial charge on any atom is -0.466 e. The predicted octanol–water partition coefficient (Wildman–Crippen LogP) is 5.20. The molecule has 23 heavy (non-hydrogen) atoms. The van der Waals surface area contributed by atoms with E-state index in [9.17, 15) is 4.79 Å². The SMILES string of the molecule is CCOC(=O)CCC(C)=CCCC(C)OC(C)(Br)OCC(C)C. The summed E-state index contributed by atoms with van der Waals surface area (Å²) in [5.41, 5.74) is 1.21. The van der Waals surface area contributed by atoms with Gasteiger partial charge in [0.25, 0.3) is 0 Å². The molecule has 136 valence electrons. The van der Waals surface area contributed by atoms with Crippen molar-refractivity contribution in [3.63, 3.8) is 0 Å². The monoisotopic (exact) mass is 392 g/mol. The van der Waals surface area contributed by atoms with E-state index in [4.69, 9.17) is 14.2 Å². The Morgan fingerprint density at radius 2 is 1.91 bits per heavy atom. The number of rotatable bonds is 12. The molecule has 0 amide bonds. The van der Waals surface area contributed by atoms with Crippen LogP contribution in [0.25, 0.3) is 0 Å². The Morgan fingerprint density at radius 3 is 2.48 bits per heavy atom. The summed E-state index contributed by atoms with van der Waals surface area (Å²) in [6, 6.07) is 0. The Hall–Kier alpha value is -0.390. The quantitative estimate of drug-likeness (QED) is 0.198. The average Bonchev–Trinajstić information content (AvgIpc) is 2.43. The van der Waals surface area contributed by atoms with Gasteiger partial charge in [0.2, 0.25) is 4.70 Å². The Balaban J connectivity index is 4.01. The van der Waals surface area contributed by atoms with Crippen molar-refractivity contribution in [2.45, 2.75) is 78.0 Å². The highest BCUT2D eigenvalue weighted by Crippen LogP contribution is 2.25. The van der Waals surface area contributed by atoms with Crippen LogP contribution in [-0.4, -0.2) is 30.0 Å². The highest BCUT2D eigenvalue weighted by atomic mass is 79.9. The van der Waals surface area contributed by atoms with Gasteiger partial charge in [-0.25, -0.2) is 0 Å². The summed E-state index contributed by atoms with van der Waals surface area (Å²) in [6.45, 7) is 13.1. The fourth-order valence-electron chi connectivity index (χ4n) is 1.97. The Bertz CT molecular complexity index is 364. The molecule has 0 rings (SSSR count). The smallest absolute Gasteiger partial charge is 0.306 e. The van der Waals surface area contributed by atoms with E-state index < -0.39 is 4.70 Å². The first kappa shape index (κ1) is 22.6. The number of halogens is 1. The number of carbonyl (C=O) groups is 1. The first-order chi connectivity index (χ1) is 10.7. The van der Waals surface area contributed by atoms with Gasteiger partial charge in [0.05, 0.1) is 19.3 Å². The number of esters is 1. The maximum Gasteiger partial charge on any atom is 0.306 e. The Kier molecular flexibility index (Phi) is 11.8. The van der Waals surface area contributed by atoms with Crippen molar-refractivity contribution in [3.8, 4) is 0 Å². The van der Waals surface area contributed by atoms with Gasteiger partial charge < -0.3 is 14.2 Å². The van der Waals surface area contributed by atoms with Crippen molar-refractivity contribution in [3.05, 3.63) is 11.6 Å². The van der Waals surface area contributed by atoms with Gasteiger partial charge in [-0.05, 0) is 61.9 Å². The molecule has 0 aliphatic heterocycles. The third-order valence-electron chi connectivity index (χ3n) is 3.18. The van der Waals surface area contributed by atoms with Crippen molar-refractivity contribution in [1.29, 1.82) is 0 Å². The summed E-state index contributed by atoms with van der Waals surface area (Å²) in [4.78, 5) is 11.3. The van der Waals surface area contributed by atoms with Crippen molar-refractivity contribution >= 4 is 21.9 Å². The van der Waals surface area contributed by atoms with Gasteiger partial charge in [-0.15, -0.1) is 0 Å². The fourth-order valence-corrected chi connectivity index (χ4v) is 2.42.